The van der Waals surface area contributed by atoms with Gasteiger partial charge in [-0.15, -0.1) is 23.2 Å². The van der Waals surface area contributed by atoms with Crippen molar-refractivity contribution in [2.24, 2.45) is 28.4 Å². The summed E-state index contributed by atoms with van der Waals surface area (Å²) in [5.74, 6) is -2.83. The Balaban J connectivity index is 0.623. The van der Waals surface area contributed by atoms with Crippen molar-refractivity contribution >= 4 is 152 Å². The van der Waals surface area contributed by atoms with Crippen molar-refractivity contribution in [2.75, 3.05) is 166 Å². The van der Waals surface area contributed by atoms with Gasteiger partial charge in [-0.2, -0.15) is 11.8 Å². The number of nitrogens with zero attached hydrogens (tertiary/aromatic N) is 5. The second-order valence-corrected chi connectivity index (χ2v) is 32.7. The number of thioether (sulfide) groups is 1. The van der Waals surface area contributed by atoms with E-state index in [2.05, 4.69) is 25.9 Å². The van der Waals surface area contributed by atoms with Crippen LogP contribution in [0.2, 0.25) is 0 Å². The van der Waals surface area contributed by atoms with Crippen LogP contribution in [0.5, 0.6) is 11.5 Å². The van der Waals surface area contributed by atoms with Gasteiger partial charge in [0.05, 0.1) is 130 Å². The first-order valence-corrected chi connectivity index (χ1v) is 42.0. The van der Waals surface area contributed by atoms with Crippen LogP contribution in [-0.2, 0) is 77.9 Å². The number of nitrogens with one attached hydrogen (secondary N) is 5. The summed E-state index contributed by atoms with van der Waals surface area (Å²) in [4.78, 5) is 153. The summed E-state index contributed by atoms with van der Waals surface area (Å²) in [5.41, 5.74) is 10.2. The number of nitrogens with two attached hydrogens (primary N) is 1. The van der Waals surface area contributed by atoms with Crippen molar-refractivity contribution in [3.63, 3.8) is 0 Å². The molecule has 3 aliphatic carbocycles. The predicted molar refractivity (Wildman–Crippen MR) is 428 cm³/mol. The molecule has 1 saturated heterocycles. The normalized spacial score (nSPS) is 19.4. The van der Waals surface area contributed by atoms with Crippen LogP contribution < -0.4 is 40.7 Å². The molecule has 0 spiro atoms. The number of rotatable bonds is 45. The number of likely N-dealkylation sites (N-methyl/N-ethyl adjacent to an activating group) is 2. The van der Waals surface area contributed by atoms with Gasteiger partial charge in [-0.05, 0) is 110 Å². The number of benzene rings is 3. The number of H-pyrrole nitrogens is 2. The number of thiocarbonyl (C=S) groups is 1. The molecule has 4 fully saturated rings. The lowest BCUT2D eigenvalue weighted by Crippen LogP contribution is -2.73. The molecule has 3 saturated carbocycles. The minimum absolute atomic E-state index is 0.0239. The third kappa shape index (κ3) is 21.5. The Kier molecular flexibility index (Phi) is 30.9. The van der Waals surface area contributed by atoms with Crippen molar-refractivity contribution < 1.29 is 99.9 Å². The van der Waals surface area contributed by atoms with E-state index in [9.17, 15) is 52.7 Å². The van der Waals surface area contributed by atoms with Crippen LogP contribution in [0.25, 0.3) is 21.8 Å². The number of carbonyl (C=O) groups excluding carboxylic acids is 9. The van der Waals surface area contributed by atoms with Crippen LogP contribution in [-0.4, -0.2) is 255 Å². The molecule has 5 unspecified atom stereocenters. The molecule has 618 valence electrons. The number of imide groups is 1. The largest absolute Gasteiger partial charge is 0.524 e. The van der Waals surface area contributed by atoms with Crippen LogP contribution >= 0.6 is 55.0 Å². The Bertz CT molecular complexity index is 4320. The van der Waals surface area contributed by atoms with Gasteiger partial charge < -0.3 is 93.7 Å². The molecule has 32 nitrogen and oxygen atoms in total. The smallest absolute Gasteiger partial charge is 0.445 e. The number of phosphoric ester groups is 1. The van der Waals surface area contributed by atoms with E-state index in [0.29, 0.717) is 130 Å². The van der Waals surface area contributed by atoms with Gasteiger partial charge in [-0.3, -0.25) is 48.2 Å². The molecule has 3 aromatic carbocycles. The number of fused-ring (bicyclic) bond motifs is 6. The second kappa shape index (κ2) is 39.8. The van der Waals surface area contributed by atoms with E-state index in [-0.39, 0.29) is 167 Å². The zero-order chi connectivity index (χ0) is 81.5. The summed E-state index contributed by atoms with van der Waals surface area (Å²) in [6.45, 7) is 12.3. The van der Waals surface area contributed by atoms with Crippen LogP contribution in [0.15, 0.2) is 48.8 Å². The van der Waals surface area contributed by atoms with E-state index in [1.807, 2.05) is 26.3 Å². The van der Waals surface area contributed by atoms with Gasteiger partial charge in [0.2, 0.25) is 35.4 Å². The highest BCUT2D eigenvalue weighted by Crippen LogP contribution is 2.75. The number of hydrogen-bond donors (Lipinski definition) is 8. The lowest BCUT2D eigenvalue weighted by Gasteiger charge is -2.69. The number of halogens is 2. The first-order valence-electron chi connectivity index (χ1n) is 37.7. The number of anilines is 3. The van der Waals surface area contributed by atoms with Gasteiger partial charge in [0.25, 0.3) is 5.17 Å². The predicted octanol–water partition coefficient (Wildman–Crippen LogP) is 7.89. The molecule has 0 radical (unpaired) electrons. The molecule has 9 amide bonds. The van der Waals surface area contributed by atoms with E-state index >= 15 is 4.79 Å². The van der Waals surface area contributed by atoms with Gasteiger partial charge >= 0.3 is 19.9 Å². The SMILES string of the molecule is CSC1CC(=O)N(CCOCCOCCOCCOCCOCCOCCC(=O)NC(C(=O)CC(CCCNC(N)=O)C(=O)Nc2ccc(COC(=O)N(C)CCN(C)C(=S)Oc3cc4c(c5c(C)c[nH]c35)C(CCl)CN4C(=O)C34CC(C(=O)N5CC(CCl)c6c5cc(OP(=O)(O)O)c5[nH]cc(C)c65)(C3)C4)cc2)C(C)C)C1=O. The maximum Gasteiger partial charge on any atom is 0.524 e. The number of likely N-dealkylation sites (tertiary alicyclic amines) is 1. The van der Waals surface area contributed by atoms with Crippen molar-refractivity contribution in [2.45, 2.75) is 109 Å². The van der Waals surface area contributed by atoms with Gasteiger partial charge in [-0.25, -0.2) is 14.2 Å². The molecule has 3 aliphatic heterocycles. The maximum atomic E-state index is 15.0. The monoisotopic (exact) mass is 1670 g/mol. The van der Waals surface area contributed by atoms with Gasteiger partial charge in [0.1, 0.15) is 6.61 Å². The molecule has 9 N–H and O–H groups in total. The number of aromatic amines is 2. The molecule has 2 aromatic heterocycles. The maximum absolute atomic E-state index is 15.0. The summed E-state index contributed by atoms with van der Waals surface area (Å²) in [6.07, 6.45) is 6.21. The van der Waals surface area contributed by atoms with Crippen molar-refractivity contribution in [1.29, 1.82) is 0 Å². The number of amides is 9. The minimum Gasteiger partial charge on any atom is -0.445 e. The summed E-state index contributed by atoms with van der Waals surface area (Å²) in [5, 5.41) is 9.52. The van der Waals surface area contributed by atoms with Gasteiger partial charge in [-0.1, -0.05) is 26.0 Å². The van der Waals surface area contributed by atoms with E-state index in [1.54, 1.807) is 79.2 Å². The van der Waals surface area contributed by atoms with E-state index in [0.717, 1.165) is 27.6 Å². The third-order valence-corrected chi connectivity index (χ3v) is 23.6. The highest BCUT2D eigenvalue weighted by atomic mass is 35.5. The third-order valence-electron chi connectivity index (χ3n) is 21.1. The quantitative estimate of drug-likeness (QED) is 0.00603. The number of carbonyl (C=O) groups is 9. The fourth-order valence-electron chi connectivity index (χ4n) is 15.3. The first-order chi connectivity index (χ1) is 54.0. The van der Waals surface area contributed by atoms with Gasteiger partial charge in [0.15, 0.2) is 17.3 Å². The lowest BCUT2D eigenvalue weighted by atomic mass is 9.34. The van der Waals surface area contributed by atoms with Crippen LogP contribution in [0.1, 0.15) is 105 Å². The average molecular weight is 1670 g/mol. The molecule has 5 aromatic rings. The zero-order valence-electron chi connectivity index (χ0n) is 64.6. The summed E-state index contributed by atoms with van der Waals surface area (Å²) < 4.78 is 62.6. The lowest BCUT2D eigenvalue weighted by molar-refractivity contribution is -0.205. The molecule has 11 rings (SSSR count). The number of phosphoric acid groups is 1. The number of Topliss-reactive ketones (excluding diaryl/α,β-unsaturated/α-hetero) is 1. The molecule has 37 heteroatoms. The van der Waals surface area contributed by atoms with E-state index in [4.69, 9.17) is 83.6 Å². The average Bonchev–Trinajstić information content (AvgIpc) is 1.57. The van der Waals surface area contributed by atoms with Crippen molar-refractivity contribution in [1.82, 2.24) is 35.3 Å². The van der Waals surface area contributed by atoms with Crippen molar-refractivity contribution in [3.05, 3.63) is 76.6 Å². The summed E-state index contributed by atoms with van der Waals surface area (Å²) in [7, 11) is -1.68. The molecule has 6 aliphatic rings. The molecule has 5 heterocycles. The number of hydrogen-bond acceptors (Lipinski definition) is 21. The highest BCUT2D eigenvalue weighted by Gasteiger charge is 2.76. The zero-order valence-corrected chi connectivity index (χ0v) is 68.6. The molecule has 5 atom stereocenters. The topological polar surface area (TPSA) is 404 Å². The van der Waals surface area contributed by atoms with Gasteiger partial charge in [0, 0.05) is 137 Å². The minimum atomic E-state index is -4.99. The Hall–Kier alpha value is -7.70. The summed E-state index contributed by atoms with van der Waals surface area (Å²) in [6, 6.07) is 8.29. The molecule has 2 bridgehead atoms. The Morgan fingerprint density at radius 3 is 1.74 bits per heavy atom. The Labute approximate surface area is 674 Å². The van der Waals surface area contributed by atoms with E-state index in [1.165, 1.54) is 27.6 Å². The second-order valence-electron chi connectivity index (χ2n) is 29.5. The number of alkyl halides is 2. The number of ether oxygens (including phenoxy) is 8. The standard InChI is InChI=1S/C76H102Cl2N11O21PS2/c1-45(2)65(84-59(91)14-19-102-21-23-104-25-27-106-29-30-107-28-26-105-24-22-103-20-18-87-60(92)34-58(113-7)69(87)94)55(90)31-49(9-8-15-80-72(79)97)68(93)83-52-12-10-48(11-13-52)41-108-73(98)85(5)16-17-86(6)74(112)109-56-32-53-63(61-46(3)37-81-66(56)61)50(35-77)39-88(53)70(95)75-42-76(43-75,44-75)71(96)89-40-51(36-78)64-54(89)33-57(110-111(99,100)101)67-62(64)47(4)38-82-67/h10-13,32-33,37-38,45,49-51,58,65,81-82H,8-9,14-31,34-36,39-44H2,1-7H3,(H,83,93)(H,84,91)(H3,79,80,97)(H2,99,100,101). The van der Waals surface area contributed by atoms with Crippen LogP contribution in [0, 0.1) is 36.5 Å². The van der Waals surface area contributed by atoms with Crippen LogP contribution in [0.4, 0.5) is 26.7 Å². The Morgan fingerprint density at radius 2 is 1.25 bits per heavy atom. The number of aryl methyl sites for hydroxylation is 2. The van der Waals surface area contributed by atoms with E-state index < -0.39 is 54.6 Å². The molecule has 113 heavy (non-hydrogen) atoms. The van der Waals surface area contributed by atoms with Crippen molar-refractivity contribution in [3.8, 4) is 11.5 Å². The number of primary amides is 1. The fourth-order valence-corrected chi connectivity index (χ4v) is 17.0. The highest BCUT2D eigenvalue weighted by molar-refractivity contribution is 8.00. The number of ketones is 1. The Morgan fingerprint density at radius 1 is 0.743 bits per heavy atom. The molecular weight excluding hydrogens is 1570 g/mol. The van der Waals surface area contributed by atoms with Crippen LogP contribution in [0.3, 0.4) is 0 Å². The summed E-state index contributed by atoms with van der Waals surface area (Å²) >= 11 is 20.5. The number of urea groups is 1. The molecular formula is C76H102Cl2N11O21PS2. The first kappa shape index (κ1) is 87.7. The number of aromatic nitrogens is 2. The fraction of sp³-hybridized carbons (Fsp3) is 0.579.